The number of nitrogens with zero attached hydrogens (tertiary/aromatic N) is 1. The number of aryl methyl sites for hydroxylation is 2. The van der Waals surface area contributed by atoms with Crippen LogP contribution in [0.1, 0.15) is 16.7 Å². The van der Waals surface area contributed by atoms with Crippen molar-refractivity contribution in [2.75, 3.05) is 11.1 Å². The van der Waals surface area contributed by atoms with Gasteiger partial charge in [0.2, 0.25) is 0 Å². The molecule has 0 bridgehead atoms. The molecule has 0 radical (unpaired) electrons. The number of thiophene rings is 1. The lowest BCUT2D eigenvalue weighted by Crippen LogP contribution is -2.04. The van der Waals surface area contributed by atoms with Crippen molar-refractivity contribution >= 4 is 22.8 Å². The number of anilines is 2. The molecule has 0 fully saturated rings. The van der Waals surface area contributed by atoms with E-state index in [1.54, 1.807) is 11.3 Å². The van der Waals surface area contributed by atoms with Crippen molar-refractivity contribution < 1.29 is 0 Å². The number of hydrogen-bond acceptors (Lipinski definition) is 4. The van der Waals surface area contributed by atoms with Crippen LogP contribution in [0, 0.1) is 13.8 Å². The average molecular weight is 233 g/mol. The maximum Gasteiger partial charge on any atom is 0.149 e. The Balaban J connectivity index is 2.08. The highest BCUT2D eigenvalue weighted by atomic mass is 32.1. The van der Waals surface area contributed by atoms with Gasteiger partial charge in [-0.2, -0.15) is 11.3 Å². The molecular formula is C12H15N3S. The number of pyridine rings is 1. The van der Waals surface area contributed by atoms with Gasteiger partial charge >= 0.3 is 0 Å². The van der Waals surface area contributed by atoms with E-state index in [0.29, 0.717) is 5.69 Å². The highest BCUT2D eigenvalue weighted by Gasteiger charge is 2.02. The molecule has 0 aromatic carbocycles. The fourth-order valence-electron chi connectivity index (χ4n) is 1.49. The van der Waals surface area contributed by atoms with E-state index in [-0.39, 0.29) is 0 Å². The van der Waals surface area contributed by atoms with Crippen LogP contribution < -0.4 is 11.1 Å². The fraction of sp³-hybridized carbons (Fsp3) is 0.250. The molecule has 0 aliphatic rings. The second kappa shape index (κ2) is 4.53. The first kappa shape index (κ1) is 11.0. The third kappa shape index (κ3) is 2.33. The summed E-state index contributed by atoms with van der Waals surface area (Å²) in [6, 6.07) is 1.93. The summed E-state index contributed by atoms with van der Waals surface area (Å²) in [5.41, 5.74) is 10.3. The smallest absolute Gasteiger partial charge is 0.149 e. The maximum absolute atomic E-state index is 5.88. The molecule has 84 valence electrons. The van der Waals surface area contributed by atoms with Gasteiger partial charge in [0.1, 0.15) is 5.82 Å². The summed E-state index contributed by atoms with van der Waals surface area (Å²) >= 11 is 1.72. The second-order valence-corrected chi connectivity index (χ2v) is 4.63. The minimum Gasteiger partial charge on any atom is -0.396 e. The number of nitrogen functional groups attached to an aromatic ring is 1. The summed E-state index contributed by atoms with van der Waals surface area (Å²) in [4.78, 5) is 4.27. The zero-order valence-corrected chi connectivity index (χ0v) is 10.3. The first-order valence-corrected chi connectivity index (χ1v) is 6.09. The molecule has 3 N–H and O–H groups in total. The van der Waals surface area contributed by atoms with Gasteiger partial charge in [-0.1, -0.05) is 0 Å². The van der Waals surface area contributed by atoms with Crippen molar-refractivity contribution in [2.45, 2.75) is 20.4 Å². The van der Waals surface area contributed by atoms with Gasteiger partial charge in [-0.15, -0.1) is 0 Å². The summed E-state index contributed by atoms with van der Waals surface area (Å²) in [6.07, 6.45) is 1.82. The molecule has 16 heavy (non-hydrogen) atoms. The van der Waals surface area contributed by atoms with Crippen molar-refractivity contribution in [3.05, 3.63) is 39.7 Å². The highest BCUT2D eigenvalue weighted by molar-refractivity contribution is 7.08. The SMILES string of the molecule is Cc1cnc(NCc2cscc2C)c(N)c1. The van der Waals surface area contributed by atoms with Gasteiger partial charge in [0.25, 0.3) is 0 Å². The van der Waals surface area contributed by atoms with E-state index in [4.69, 9.17) is 5.73 Å². The third-order valence-corrected chi connectivity index (χ3v) is 3.37. The third-order valence-electron chi connectivity index (χ3n) is 2.46. The lowest BCUT2D eigenvalue weighted by atomic mass is 10.2. The molecule has 0 aliphatic carbocycles. The minimum atomic E-state index is 0.702. The van der Waals surface area contributed by atoms with Crippen LogP contribution >= 0.6 is 11.3 Å². The Morgan fingerprint density at radius 3 is 2.81 bits per heavy atom. The van der Waals surface area contributed by atoms with E-state index in [1.807, 2.05) is 19.2 Å². The van der Waals surface area contributed by atoms with Crippen molar-refractivity contribution in [2.24, 2.45) is 0 Å². The van der Waals surface area contributed by atoms with Crippen LogP contribution in [0.15, 0.2) is 23.0 Å². The summed E-state index contributed by atoms with van der Waals surface area (Å²) < 4.78 is 0. The molecule has 3 nitrogen and oxygen atoms in total. The molecule has 0 spiro atoms. The average Bonchev–Trinajstić information content (AvgIpc) is 2.63. The quantitative estimate of drug-likeness (QED) is 0.857. The van der Waals surface area contributed by atoms with Gasteiger partial charge in [-0.3, -0.25) is 0 Å². The van der Waals surface area contributed by atoms with Crippen LogP contribution in [0.5, 0.6) is 0 Å². The second-order valence-electron chi connectivity index (χ2n) is 3.88. The van der Waals surface area contributed by atoms with Crippen molar-refractivity contribution in [1.29, 1.82) is 0 Å². The van der Waals surface area contributed by atoms with E-state index < -0.39 is 0 Å². The van der Waals surface area contributed by atoms with Crippen LogP contribution in [0.2, 0.25) is 0 Å². The number of nitrogens with one attached hydrogen (secondary N) is 1. The summed E-state index contributed by atoms with van der Waals surface area (Å²) in [7, 11) is 0. The number of nitrogens with two attached hydrogens (primary N) is 1. The topological polar surface area (TPSA) is 50.9 Å². The van der Waals surface area contributed by atoms with Gasteiger partial charge in [0.05, 0.1) is 5.69 Å². The zero-order valence-electron chi connectivity index (χ0n) is 9.45. The van der Waals surface area contributed by atoms with Gasteiger partial charge in [-0.05, 0) is 47.4 Å². The normalized spacial score (nSPS) is 10.4. The first-order chi connectivity index (χ1) is 7.66. The van der Waals surface area contributed by atoms with Crippen molar-refractivity contribution in [3.8, 4) is 0 Å². The van der Waals surface area contributed by atoms with Crippen molar-refractivity contribution in [3.63, 3.8) is 0 Å². The lowest BCUT2D eigenvalue weighted by Gasteiger charge is -2.08. The number of aromatic nitrogens is 1. The van der Waals surface area contributed by atoms with E-state index in [9.17, 15) is 0 Å². The molecule has 0 atom stereocenters. The molecule has 0 amide bonds. The van der Waals surface area contributed by atoms with Crippen LogP contribution in [-0.2, 0) is 6.54 Å². The van der Waals surface area contributed by atoms with Crippen molar-refractivity contribution in [1.82, 2.24) is 4.98 Å². The van der Waals surface area contributed by atoms with Crippen LogP contribution in [0.4, 0.5) is 11.5 Å². The summed E-state index contributed by atoms with van der Waals surface area (Å²) in [5.74, 6) is 0.760. The Bertz CT molecular complexity index is 491. The Kier molecular flexibility index (Phi) is 3.10. The largest absolute Gasteiger partial charge is 0.396 e. The van der Waals surface area contributed by atoms with E-state index in [1.165, 1.54) is 11.1 Å². The van der Waals surface area contributed by atoms with Crippen LogP contribution in [0.3, 0.4) is 0 Å². The monoisotopic (exact) mass is 233 g/mol. The predicted octanol–water partition coefficient (Wildman–Crippen LogP) is 2.95. The Morgan fingerprint density at radius 2 is 2.19 bits per heavy atom. The molecule has 0 saturated heterocycles. The Hall–Kier alpha value is -1.55. The number of hydrogen-bond donors (Lipinski definition) is 2. The highest BCUT2D eigenvalue weighted by Crippen LogP contribution is 2.19. The predicted molar refractivity (Wildman–Crippen MR) is 69.8 cm³/mol. The molecule has 0 unspecified atom stereocenters. The van der Waals surface area contributed by atoms with E-state index in [2.05, 4.69) is 28.0 Å². The zero-order chi connectivity index (χ0) is 11.5. The van der Waals surface area contributed by atoms with E-state index >= 15 is 0 Å². The molecule has 2 heterocycles. The van der Waals surface area contributed by atoms with Crippen LogP contribution in [-0.4, -0.2) is 4.98 Å². The molecule has 2 aromatic rings. The minimum absolute atomic E-state index is 0.702. The molecule has 2 aromatic heterocycles. The number of rotatable bonds is 3. The summed E-state index contributed by atoms with van der Waals surface area (Å²) in [6.45, 7) is 4.87. The standard InChI is InChI=1S/C12H15N3S/c1-8-3-11(13)12(14-4-8)15-5-10-7-16-6-9(10)2/h3-4,6-7H,5,13H2,1-2H3,(H,14,15). The van der Waals surface area contributed by atoms with Gasteiger partial charge in [0, 0.05) is 12.7 Å². The lowest BCUT2D eigenvalue weighted by molar-refractivity contribution is 1.10. The van der Waals surface area contributed by atoms with E-state index in [0.717, 1.165) is 17.9 Å². The molecule has 4 heteroatoms. The van der Waals surface area contributed by atoms with Gasteiger partial charge in [0.15, 0.2) is 0 Å². The Labute approximate surface area is 99.3 Å². The molecule has 0 saturated carbocycles. The first-order valence-electron chi connectivity index (χ1n) is 5.14. The molecular weight excluding hydrogens is 218 g/mol. The molecule has 2 rings (SSSR count). The van der Waals surface area contributed by atoms with Gasteiger partial charge in [-0.25, -0.2) is 4.98 Å². The maximum atomic E-state index is 5.88. The summed E-state index contributed by atoms with van der Waals surface area (Å²) in [5, 5.41) is 7.54. The molecule has 0 aliphatic heterocycles. The van der Waals surface area contributed by atoms with Crippen LogP contribution in [0.25, 0.3) is 0 Å². The fourth-order valence-corrected chi connectivity index (χ4v) is 2.34. The Morgan fingerprint density at radius 1 is 1.38 bits per heavy atom. The van der Waals surface area contributed by atoms with Gasteiger partial charge < -0.3 is 11.1 Å².